The molecule has 0 saturated carbocycles. The minimum Gasteiger partial charge on any atom is -0.301 e. The van der Waals surface area contributed by atoms with Crippen molar-refractivity contribution in [3.05, 3.63) is 140 Å². The Bertz CT molecular complexity index is 2930. The number of hydrogen-bond donors (Lipinski definition) is 0. The molecule has 11 aromatic rings. The monoisotopic (exact) mass is 637 g/mol. The molecule has 6 aromatic heterocycles. The molecule has 0 aliphatic heterocycles. The fourth-order valence-corrected chi connectivity index (χ4v) is 9.53. The zero-order chi connectivity index (χ0) is 30.6. The van der Waals surface area contributed by atoms with E-state index in [1.54, 1.807) is 11.3 Å². The number of nitrogens with zero attached hydrogens (tertiary/aromatic N) is 5. The lowest BCUT2D eigenvalue weighted by molar-refractivity contribution is 1.01. The van der Waals surface area contributed by atoms with Crippen molar-refractivity contribution >= 4 is 92.9 Å². The Labute approximate surface area is 275 Å². The first-order valence-electron chi connectivity index (χ1n) is 15.6. The van der Waals surface area contributed by atoms with Crippen LogP contribution in [0.5, 0.6) is 0 Å². The standard InChI is InChI=1S/C40H23N5S2/c1-5-13-30-25(9-1)26-10-2-6-14-31(26)43(30)37-20-19-36(46-37)24-17-18-34-29(23-24)38-39(35-21-22-41-45(34)35)47-40(42-38)44-32-15-7-3-11-27(32)28-12-4-8-16-33(28)44/h1-23H. The van der Waals surface area contributed by atoms with E-state index in [9.17, 15) is 0 Å². The first-order chi connectivity index (χ1) is 23.3. The predicted molar refractivity (Wildman–Crippen MR) is 198 cm³/mol. The molecule has 0 saturated heterocycles. The number of benzene rings is 5. The van der Waals surface area contributed by atoms with Crippen molar-refractivity contribution in [1.29, 1.82) is 0 Å². The first kappa shape index (κ1) is 25.4. The van der Waals surface area contributed by atoms with E-state index in [0.29, 0.717) is 0 Å². The summed E-state index contributed by atoms with van der Waals surface area (Å²) in [5, 5.41) is 13.0. The highest BCUT2D eigenvalue weighted by Gasteiger charge is 2.20. The normalized spacial score (nSPS) is 12.3. The third-order valence-corrected chi connectivity index (χ3v) is 11.6. The lowest BCUT2D eigenvalue weighted by Gasteiger charge is -2.06. The quantitative estimate of drug-likeness (QED) is 0.193. The molecule has 11 rings (SSSR count). The van der Waals surface area contributed by atoms with E-state index in [2.05, 4.69) is 147 Å². The summed E-state index contributed by atoms with van der Waals surface area (Å²) in [6, 6.07) is 47.9. The van der Waals surface area contributed by atoms with Crippen LogP contribution in [0.25, 0.3) is 90.8 Å². The molecule has 0 spiro atoms. The van der Waals surface area contributed by atoms with E-state index in [4.69, 9.17) is 10.1 Å². The molecule has 0 aliphatic rings. The van der Waals surface area contributed by atoms with Gasteiger partial charge >= 0.3 is 0 Å². The molecule has 5 nitrogen and oxygen atoms in total. The molecule has 0 amide bonds. The molecule has 0 radical (unpaired) electrons. The zero-order valence-electron chi connectivity index (χ0n) is 24.8. The van der Waals surface area contributed by atoms with Gasteiger partial charge in [0, 0.05) is 31.8 Å². The van der Waals surface area contributed by atoms with E-state index < -0.39 is 0 Å². The van der Waals surface area contributed by atoms with Crippen molar-refractivity contribution in [2.24, 2.45) is 0 Å². The van der Waals surface area contributed by atoms with Crippen LogP contribution in [0.4, 0.5) is 0 Å². The van der Waals surface area contributed by atoms with Crippen LogP contribution in [0.2, 0.25) is 0 Å². The fraction of sp³-hybridized carbons (Fsp3) is 0. The average molecular weight is 638 g/mol. The summed E-state index contributed by atoms with van der Waals surface area (Å²) in [4.78, 5) is 6.62. The molecule has 0 unspecified atom stereocenters. The summed E-state index contributed by atoms with van der Waals surface area (Å²) in [5.41, 5.74) is 9.10. The van der Waals surface area contributed by atoms with Gasteiger partial charge in [-0.2, -0.15) is 5.10 Å². The third-order valence-electron chi connectivity index (χ3n) is 9.42. The van der Waals surface area contributed by atoms with Crippen molar-refractivity contribution in [3.63, 3.8) is 0 Å². The minimum absolute atomic E-state index is 0.961. The van der Waals surface area contributed by atoms with Gasteiger partial charge in [0.15, 0.2) is 5.13 Å². The molecule has 220 valence electrons. The molecular formula is C40H23N5S2. The third kappa shape index (κ3) is 3.47. The molecule has 6 heterocycles. The Balaban J connectivity index is 1.13. The lowest BCUT2D eigenvalue weighted by atomic mass is 10.1. The molecule has 0 aliphatic carbocycles. The van der Waals surface area contributed by atoms with Crippen LogP contribution in [-0.4, -0.2) is 23.7 Å². The summed E-state index contributed by atoms with van der Waals surface area (Å²) < 4.78 is 7.91. The molecule has 0 bridgehead atoms. The molecular weight excluding hydrogens is 615 g/mol. The second kappa shape index (κ2) is 9.39. The van der Waals surface area contributed by atoms with Crippen molar-refractivity contribution in [2.45, 2.75) is 0 Å². The van der Waals surface area contributed by atoms with Gasteiger partial charge < -0.3 is 4.57 Å². The van der Waals surface area contributed by atoms with Crippen LogP contribution in [-0.2, 0) is 0 Å². The SMILES string of the molecule is c1ccc2c(c1)c1ccccc1n2-c1ccc(-c2ccc3c(c2)c2nc(-n4c5ccccc5c5ccccc54)sc2c2ccnn32)s1. The van der Waals surface area contributed by atoms with Gasteiger partial charge in [-0.3, -0.25) is 4.57 Å². The first-order valence-corrected chi connectivity index (χ1v) is 17.2. The van der Waals surface area contributed by atoms with Gasteiger partial charge in [0.2, 0.25) is 0 Å². The number of para-hydroxylation sites is 4. The number of hydrogen-bond acceptors (Lipinski definition) is 4. The smallest absolute Gasteiger partial charge is 0.195 e. The fourth-order valence-electron chi connectivity index (χ4n) is 7.38. The van der Waals surface area contributed by atoms with Crippen LogP contribution in [0.3, 0.4) is 0 Å². The number of thiophene rings is 1. The summed E-state index contributed by atoms with van der Waals surface area (Å²) in [6.07, 6.45) is 1.89. The Morgan fingerprint density at radius 2 is 1.06 bits per heavy atom. The molecule has 0 N–H and O–H groups in total. The number of pyridine rings is 1. The van der Waals surface area contributed by atoms with Crippen molar-refractivity contribution < 1.29 is 0 Å². The van der Waals surface area contributed by atoms with Gasteiger partial charge in [-0.25, -0.2) is 9.50 Å². The van der Waals surface area contributed by atoms with E-state index in [-0.39, 0.29) is 0 Å². The zero-order valence-corrected chi connectivity index (χ0v) is 26.5. The highest BCUT2D eigenvalue weighted by molar-refractivity contribution is 7.21. The van der Waals surface area contributed by atoms with E-state index in [1.807, 2.05) is 17.5 Å². The largest absolute Gasteiger partial charge is 0.301 e. The Morgan fingerprint density at radius 1 is 0.468 bits per heavy atom. The van der Waals surface area contributed by atoms with Gasteiger partial charge in [0.05, 0.1) is 49.5 Å². The van der Waals surface area contributed by atoms with Crippen LogP contribution < -0.4 is 0 Å². The van der Waals surface area contributed by atoms with Crippen LogP contribution in [0.1, 0.15) is 0 Å². The van der Waals surface area contributed by atoms with Crippen LogP contribution >= 0.6 is 22.7 Å². The number of aromatic nitrogens is 5. The van der Waals surface area contributed by atoms with Gasteiger partial charge in [0.1, 0.15) is 5.00 Å². The van der Waals surface area contributed by atoms with Gasteiger partial charge in [0.25, 0.3) is 0 Å². The van der Waals surface area contributed by atoms with E-state index >= 15 is 0 Å². The van der Waals surface area contributed by atoms with E-state index in [0.717, 1.165) is 31.8 Å². The Morgan fingerprint density at radius 3 is 1.70 bits per heavy atom. The maximum atomic E-state index is 5.40. The summed E-state index contributed by atoms with van der Waals surface area (Å²) in [6.45, 7) is 0. The number of rotatable bonds is 3. The molecule has 7 heteroatoms. The molecule has 0 fully saturated rings. The molecule has 47 heavy (non-hydrogen) atoms. The number of thiazole rings is 1. The summed E-state index contributed by atoms with van der Waals surface area (Å²) in [5.74, 6) is 0. The Hall–Kier alpha value is -5.76. The molecule has 0 atom stereocenters. The predicted octanol–water partition coefficient (Wildman–Crippen LogP) is 11.0. The maximum Gasteiger partial charge on any atom is 0.195 e. The van der Waals surface area contributed by atoms with Gasteiger partial charge in [-0.15, -0.1) is 11.3 Å². The highest BCUT2D eigenvalue weighted by Crippen LogP contribution is 2.41. The van der Waals surface area contributed by atoms with Crippen LogP contribution in [0, 0.1) is 0 Å². The van der Waals surface area contributed by atoms with Crippen molar-refractivity contribution in [2.75, 3.05) is 0 Å². The topological polar surface area (TPSA) is 40.0 Å². The second-order valence-electron chi connectivity index (χ2n) is 11.9. The average Bonchev–Trinajstić information content (AvgIpc) is 3.96. The number of fused-ring (bicyclic) bond motifs is 12. The van der Waals surface area contributed by atoms with Crippen molar-refractivity contribution in [1.82, 2.24) is 23.7 Å². The van der Waals surface area contributed by atoms with Gasteiger partial charge in [-0.05, 0) is 60.2 Å². The lowest BCUT2D eigenvalue weighted by Crippen LogP contribution is -1.93. The maximum absolute atomic E-state index is 5.40. The van der Waals surface area contributed by atoms with Crippen molar-refractivity contribution in [3.8, 4) is 20.6 Å². The highest BCUT2D eigenvalue weighted by atomic mass is 32.1. The summed E-state index contributed by atoms with van der Waals surface area (Å²) in [7, 11) is 0. The van der Waals surface area contributed by atoms with E-state index in [1.165, 1.54) is 59.1 Å². The Kier molecular flexibility index (Phi) is 5.08. The molecule has 5 aromatic carbocycles. The second-order valence-corrected chi connectivity index (χ2v) is 14.0. The summed E-state index contributed by atoms with van der Waals surface area (Å²) >= 11 is 3.55. The van der Waals surface area contributed by atoms with Crippen LogP contribution in [0.15, 0.2) is 140 Å². The minimum atomic E-state index is 0.961. The van der Waals surface area contributed by atoms with Gasteiger partial charge in [-0.1, -0.05) is 90.2 Å².